The number of H-pyrrole nitrogens is 1. The van der Waals surface area contributed by atoms with E-state index < -0.39 is 16.1 Å². The zero-order valence-corrected chi connectivity index (χ0v) is 16.6. The average molecular weight is 412 g/mol. The first kappa shape index (κ1) is 19.2. The van der Waals surface area contributed by atoms with Crippen LogP contribution in [0.25, 0.3) is 11.4 Å². The van der Waals surface area contributed by atoms with E-state index in [9.17, 15) is 13.2 Å². The molecule has 29 heavy (non-hydrogen) atoms. The maximum absolute atomic E-state index is 13.0. The highest BCUT2D eigenvalue weighted by molar-refractivity contribution is 7.89. The van der Waals surface area contributed by atoms with E-state index in [-0.39, 0.29) is 10.8 Å². The number of carbonyl (C=O) groups excluding carboxylic acids is 1. The third-order valence-electron chi connectivity index (χ3n) is 4.87. The van der Waals surface area contributed by atoms with E-state index in [4.69, 9.17) is 0 Å². The normalized spacial score (nSPS) is 17.3. The lowest BCUT2D eigenvalue weighted by Gasteiger charge is -2.23. The van der Waals surface area contributed by atoms with Crippen molar-refractivity contribution in [3.63, 3.8) is 0 Å². The minimum Gasteiger partial charge on any atom is -0.325 e. The molecule has 150 valence electrons. The predicted molar refractivity (Wildman–Crippen MR) is 106 cm³/mol. The zero-order valence-electron chi connectivity index (χ0n) is 15.7. The first-order valence-electron chi connectivity index (χ1n) is 9.18. The molecule has 2 N–H and O–H groups in total. The molecule has 1 aliphatic rings. The minimum atomic E-state index is -3.75. The maximum atomic E-state index is 13.0. The van der Waals surface area contributed by atoms with Crippen molar-refractivity contribution in [1.82, 2.24) is 24.9 Å². The number of nitrogens with one attached hydrogen (secondary N) is 2. The summed E-state index contributed by atoms with van der Waals surface area (Å²) in [5.74, 6) is 0.0500. The van der Waals surface area contributed by atoms with E-state index in [1.54, 1.807) is 48.5 Å². The van der Waals surface area contributed by atoms with E-state index in [0.29, 0.717) is 36.5 Å². The molecule has 4 rings (SSSR count). The van der Waals surface area contributed by atoms with Gasteiger partial charge in [-0.25, -0.2) is 8.42 Å². The third kappa shape index (κ3) is 3.89. The number of aromatic nitrogens is 4. The molecule has 0 unspecified atom stereocenters. The van der Waals surface area contributed by atoms with Crippen molar-refractivity contribution in [2.45, 2.75) is 30.7 Å². The van der Waals surface area contributed by atoms with E-state index in [1.807, 2.05) is 6.92 Å². The van der Waals surface area contributed by atoms with Gasteiger partial charge in [0.25, 0.3) is 0 Å². The molecule has 0 spiro atoms. The van der Waals surface area contributed by atoms with E-state index in [2.05, 4.69) is 25.9 Å². The SMILES string of the molecule is Cc1ccc(S(=O)(=O)N2CCC[C@H]2C(=O)Nc2cccc(-c3nn[nH]n3)c2)cc1. The number of sulfonamides is 1. The number of aryl methyl sites for hydroxylation is 1. The van der Waals surface area contributed by atoms with Crippen LogP contribution in [0.5, 0.6) is 0 Å². The van der Waals surface area contributed by atoms with Gasteiger partial charge in [0.2, 0.25) is 21.8 Å². The fourth-order valence-corrected chi connectivity index (χ4v) is 5.04. The highest BCUT2D eigenvalue weighted by Gasteiger charge is 2.39. The number of anilines is 1. The minimum absolute atomic E-state index is 0.196. The van der Waals surface area contributed by atoms with Crippen LogP contribution >= 0.6 is 0 Å². The summed E-state index contributed by atoms with van der Waals surface area (Å²) in [4.78, 5) is 13.1. The molecule has 0 radical (unpaired) electrons. The van der Waals surface area contributed by atoms with Crippen molar-refractivity contribution < 1.29 is 13.2 Å². The van der Waals surface area contributed by atoms with Crippen molar-refractivity contribution >= 4 is 21.6 Å². The Hall–Kier alpha value is -3.11. The Bertz CT molecular complexity index is 1110. The van der Waals surface area contributed by atoms with Gasteiger partial charge in [0, 0.05) is 17.8 Å². The lowest BCUT2D eigenvalue weighted by molar-refractivity contribution is -0.119. The highest BCUT2D eigenvalue weighted by Crippen LogP contribution is 2.27. The van der Waals surface area contributed by atoms with Crippen LogP contribution in [-0.2, 0) is 14.8 Å². The summed E-state index contributed by atoms with van der Waals surface area (Å²) >= 11 is 0. The van der Waals surface area contributed by atoms with Crippen LogP contribution in [0.3, 0.4) is 0 Å². The molecule has 1 aliphatic heterocycles. The van der Waals surface area contributed by atoms with Gasteiger partial charge in [0.05, 0.1) is 4.90 Å². The second-order valence-electron chi connectivity index (χ2n) is 6.89. The lowest BCUT2D eigenvalue weighted by Crippen LogP contribution is -2.43. The molecule has 1 amide bonds. The number of tetrazole rings is 1. The maximum Gasteiger partial charge on any atom is 0.243 e. The second-order valence-corrected chi connectivity index (χ2v) is 8.78. The van der Waals surface area contributed by atoms with Crippen molar-refractivity contribution in [3.8, 4) is 11.4 Å². The molecule has 3 aromatic rings. The van der Waals surface area contributed by atoms with Gasteiger partial charge in [0.1, 0.15) is 6.04 Å². The number of benzene rings is 2. The van der Waals surface area contributed by atoms with Crippen molar-refractivity contribution in [3.05, 3.63) is 54.1 Å². The zero-order chi connectivity index (χ0) is 20.4. The Balaban J connectivity index is 1.54. The Morgan fingerprint density at radius 1 is 1.21 bits per heavy atom. The molecular weight excluding hydrogens is 392 g/mol. The number of amides is 1. The summed E-state index contributed by atoms with van der Waals surface area (Å²) in [6.45, 7) is 2.21. The van der Waals surface area contributed by atoms with E-state index in [1.165, 1.54) is 4.31 Å². The monoisotopic (exact) mass is 412 g/mol. The summed E-state index contributed by atoms with van der Waals surface area (Å²) < 4.78 is 27.4. The third-order valence-corrected chi connectivity index (χ3v) is 6.79. The summed E-state index contributed by atoms with van der Waals surface area (Å²) in [5.41, 5.74) is 2.20. The summed E-state index contributed by atoms with van der Waals surface area (Å²) in [5, 5.41) is 16.6. The molecule has 0 aliphatic carbocycles. The van der Waals surface area contributed by atoms with Gasteiger partial charge in [-0.15, -0.1) is 10.2 Å². The fraction of sp³-hybridized carbons (Fsp3) is 0.263. The molecule has 1 fully saturated rings. The number of carbonyl (C=O) groups is 1. The largest absolute Gasteiger partial charge is 0.325 e. The van der Waals surface area contributed by atoms with Crippen LogP contribution in [0.2, 0.25) is 0 Å². The molecule has 1 aromatic heterocycles. The quantitative estimate of drug-likeness (QED) is 0.661. The summed E-state index contributed by atoms with van der Waals surface area (Å²) in [6, 6.07) is 12.9. The molecule has 0 bridgehead atoms. The van der Waals surface area contributed by atoms with E-state index >= 15 is 0 Å². The molecule has 9 nitrogen and oxygen atoms in total. The van der Waals surface area contributed by atoms with E-state index in [0.717, 1.165) is 5.56 Å². The van der Waals surface area contributed by atoms with Crippen molar-refractivity contribution in [2.75, 3.05) is 11.9 Å². The fourth-order valence-electron chi connectivity index (χ4n) is 3.38. The molecule has 1 saturated heterocycles. The van der Waals surface area contributed by atoms with Gasteiger partial charge >= 0.3 is 0 Å². The van der Waals surface area contributed by atoms with Gasteiger partial charge in [0.15, 0.2) is 0 Å². The van der Waals surface area contributed by atoms with Crippen LogP contribution in [0.4, 0.5) is 5.69 Å². The Morgan fingerprint density at radius 2 is 2.00 bits per heavy atom. The molecule has 1 atom stereocenters. The Morgan fingerprint density at radius 3 is 2.72 bits per heavy atom. The molecule has 0 saturated carbocycles. The topological polar surface area (TPSA) is 121 Å². The predicted octanol–water partition coefficient (Wildman–Crippen LogP) is 1.97. The van der Waals surface area contributed by atoms with Gasteiger partial charge in [-0.3, -0.25) is 4.79 Å². The Kier molecular flexibility index (Phi) is 5.12. The van der Waals surface area contributed by atoms with Crippen LogP contribution < -0.4 is 5.32 Å². The second kappa shape index (κ2) is 7.72. The molecule has 2 heterocycles. The van der Waals surface area contributed by atoms with Crippen LogP contribution in [0, 0.1) is 6.92 Å². The van der Waals surface area contributed by atoms with Gasteiger partial charge in [-0.1, -0.05) is 29.8 Å². The van der Waals surface area contributed by atoms with Gasteiger partial charge in [-0.2, -0.15) is 9.52 Å². The standard InChI is InChI=1S/C19H20N6O3S/c1-13-7-9-16(10-8-13)29(27,28)25-11-3-6-17(25)19(26)20-15-5-2-4-14(12-15)18-21-23-24-22-18/h2,4-5,7-10,12,17H,3,6,11H2,1H3,(H,20,26)(H,21,22,23,24)/t17-/m0/s1. The smallest absolute Gasteiger partial charge is 0.243 e. The molecule has 2 aromatic carbocycles. The Labute approximate surface area is 168 Å². The lowest BCUT2D eigenvalue weighted by atomic mass is 10.1. The van der Waals surface area contributed by atoms with Crippen LogP contribution in [0.15, 0.2) is 53.4 Å². The first-order valence-corrected chi connectivity index (χ1v) is 10.6. The number of aromatic amines is 1. The van der Waals surface area contributed by atoms with Gasteiger partial charge in [-0.05, 0) is 49.2 Å². The van der Waals surface area contributed by atoms with Crippen molar-refractivity contribution in [2.24, 2.45) is 0 Å². The molecular formula is C19H20N6O3S. The molecule has 10 heteroatoms. The first-order chi connectivity index (χ1) is 13.9. The average Bonchev–Trinajstić information content (AvgIpc) is 3.41. The number of hydrogen-bond acceptors (Lipinski definition) is 6. The highest BCUT2D eigenvalue weighted by atomic mass is 32.2. The number of rotatable bonds is 5. The number of nitrogens with zero attached hydrogens (tertiary/aromatic N) is 4. The van der Waals surface area contributed by atoms with Crippen molar-refractivity contribution in [1.29, 1.82) is 0 Å². The summed E-state index contributed by atoms with van der Waals surface area (Å²) in [6.07, 6.45) is 1.10. The van der Waals surface area contributed by atoms with Gasteiger partial charge < -0.3 is 5.32 Å². The number of hydrogen-bond donors (Lipinski definition) is 2. The van der Waals surface area contributed by atoms with Crippen LogP contribution in [-0.4, -0.2) is 51.8 Å². The van der Waals surface area contributed by atoms with Crippen LogP contribution in [0.1, 0.15) is 18.4 Å². The summed E-state index contributed by atoms with van der Waals surface area (Å²) in [7, 11) is -3.75.